The van der Waals surface area contributed by atoms with Crippen LogP contribution in [0.3, 0.4) is 0 Å². The quantitative estimate of drug-likeness (QED) is 0.908. The van der Waals surface area contributed by atoms with Gasteiger partial charge in [0.25, 0.3) is 0 Å². The molecule has 2 aromatic carbocycles. The zero-order valence-corrected chi connectivity index (χ0v) is 13.1. The van der Waals surface area contributed by atoms with Crippen LogP contribution in [0.1, 0.15) is 5.56 Å². The molecule has 0 atom stereocenters. The van der Waals surface area contributed by atoms with Crippen molar-refractivity contribution in [2.24, 2.45) is 0 Å². The van der Waals surface area contributed by atoms with E-state index in [0.717, 1.165) is 5.56 Å². The number of hydrogen-bond acceptors (Lipinski definition) is 4. The van der Waals surface area contributed by atoms with Gasteiger partial charge in [0.15, 0.2) is 11.5 Å². The first kappa shape index (κ1) is 15.8. The highest BCUT2D eigenvalue weighted by Crippen LogP contribution is 2.32. The van der Waals surface area contributed by atoms with Crippen LogP contribution >= 0.6 is 0 Å². The highest BCUT2D eigenvalue weighted by molar-refractivity contribution is 7.89. The predicted octanol–water partition coefficient (Wildman–Crippen LogP) is 2.12. The molecule has 2 aromatic rings. The monoisotopic (exact) mass is 337 g/mol. The maximum atomic E-state index is 12.8. The van der Waals surface area contributed by atoms with Crippen LogP contribution in [0.25, 0.3) is 0 Å². The summed E-state index contributed by atoms with van der Waals surface area (Å²) < 4.78 is 50.7. The zero-order valence-electron chi connectivity index (χ0n) is 12.3. The highest BCUT2D eigenvalue weighted by atomic mass is 32.2. The van der Waals surface area contributed by atoms with Crippen LogP contribution in [0.2, 0.25) is 0 Å². The lowest BCUT2D eigenvalue weighted by atomic mass is 10.1. The van der Waals surface area contributed by atoms with Crippen molar-refractivity contribution >= 4 is 10.0 Å². The number of fused-ring (bicyclic) bond motifs is 1. The second kappa shape index (κ2) is 6.55. The van der Waals surface area contributed by atoms with Crippen LogP contribution < -0.4 is 14.2 Å². The third kappa shape index (κ3) is 3.80. The molecule has 0 amide bonds. The molecule has 1 aliphatic heterocycles. The molecule has 122 valence electrons. The van der Waals surface area contributed by atoms with E-state index in [0.29, 0.717) is 31.1 Å². The molecule has 0 unspecified atom stereocenters. The Morgan fingerprint density at radius 3 is 2.43 bits per heavy atom. The molecule has 0 aliphatic carbocycles. The second-order valence-electron chi connectivity index (χ2n) is 5.08. The Bertz CT molecular complexity index is 790. The number of benzene rings is 2. The van der Waals surface area contributed by atoms with Crippen LogP contribution in [0.5, 0.6) is 11.5 Å². The molecule has 5 nitrogen and oxygen atoms in total. The van der Waals surface area contributed by atoms with E-state index < -0.39 is 10.0 Å². The Morgan fingerprint density at radius 1 is 1.00 bits per heavy atom. The summed E-state index contributed by atoms with van der Waals surface area (Å²) in [5.41, 5.74) is 0.858. The molecule has 0 fully saturated rings. The molecule has 0 bridgehead atoms. The van der Waals surface area contributed by atoms with Crippen molar-refractivity contribution in [3.8, 4) is 11.5 Å². The number of ether oxygens (including phenoxy) is 2. The molecule has 23 heavy (non-hydrogen) atoms. The number of hydrogen-bond donors (Lipinski definition) is 1. The minimum absolute atomic E-state index is 0.126. The van der Waals surface area contributed by atoms with Gasteiger partial charge in [0.05, 0.1) is 4.90 Å². The minimum atomic E-state index is -3.63. The van der Waals surface area contributed by atoms with Crippen LogP contribution in [0.4, 0.5) is 4.39 Å². The van der Waals surface area contributed by atoms with E-state index in [1.165, 1.54) is 24.3 Å². The summed E-state index contributed by atoms with van der Waals surface area (Å²) in [6.45, 7) is 1.08. The van der Waals surface area contributed by atoms with Gasteiger partial charge in [-0.25, -0.2) is 17.5 Å². The van der Waals surface area contributed by atoms with Gasteiger partial charge < -0.3 is 9.47 Å². The summed E-state index contributed by atoms with van der Waals surface area (Å²) in [6, 6.07) is 10.5. The van der Waals surface area contributed by atoms with Gasteiger partial charge in [-0.2, -0.15) is 0 Å². The first-order chi connectivity index (χ1) is 11.0. The maximum Gasteiger partial charge on any atom is 0.240 e. The molecule has 0 radical (unpaired) electrons. The Hall–Kier alpha value is -2.12. The van der Waals surface area contributed by atoms with E-state index in [2.05, 4.69) is 4.72 Å². The average Bonchev–Trinajstić information content (AvgIpc) is 2.56. The second-order valence-corrected chi connectivity index (χ2v) is 6.85. The molecular weight excluding hydrogens is 321 g/mol. The minimum Gasteiger partial charge on any atom is -0.486 e. The first-order valence-electron chi connectivity index (χ1n) is 7.18. The van der Waals surface area contributed by atoms with Crippen molar-refractivity contribution < 1.29 is 22.3 Å². The fourth-order valence-corrected chi connectivity index (χ4v) is 3.30. The fourth-order valence-electron chi connectivity index (χ4n) is 2.25. The molecule has 1 aliphatic rings. The van der Waals surface area contributed by atoms with E-state index in [4.69, 9.17) is 9.47 Å². The normalized spacial score (nSPS) is 13.8. The standard InChI is InChI=1S/C16H16FNO4S/c17-13-3-1-12(2-4-13)7-8-18-23(19,20)14-5-6-15-16(11-14)22-10-9-21-15/h1-6,11,18H,7-10H2. The first-order valence-corrected chi connectivity index (χ1v) is 8.67. The molecule has 1 N–H and O–H groups in total. The summed E-state index contributed by atoms with van der Waals surface area (Å²) in [6.07, 6.45) is 0.476. The largest absolute Gasteiger partial charge is 0.486 e. The van der Waals surface area contributed by atoms with Gasteiger partial charge in [0.2, 0.25) is 10.0 Å². The van der Waals surface area contributed by atoms with Gasteiger partial charge in [-0.05, 0) is 36.2 Å². The fraction of sp³-hybridized carbons (Fsp3) is 0.250. The maximum absolute atomic E-state index is 12.8. The van der Waals surface area contributed by atoms with Crippen molar-refractivity contribution in [1.29, 1.82) is 0 Å². The molecule has 0 aromatic heterocycles. The average molecular weight is 337 g/mol. The van der Waals surface area contributed by atoms with Crippen molar-refractivity contribution in [2.45, 2.75) is 11.3 Å². The summed E-state index contributed by atoms with van der Waals surface area (Å²) in [5, 5.41) is 0. The molecular formula is C16H16FNO4S. The number of sulfonamides is 1. The van der Waals surface area contributed by atoms with E-state index in [1.54, 1.807) is 18.2 Å². The number of halogens is 1. The summed E-state index contributed by atoms with van der Waals surface area (Å²) in [4.78, 5) is 0.126. The van der Waals surface area contributed by atoms with Gasteiger partial charge in [0, 0.05) is 12.6 Å². The molecule has 0 saturated carbocycles. The molecule has 3 rings (SSSR count). The number of rotatable bonds is 5. The lowest BCUT2D eigenvalue weighted by Crippen LogP contribution is -2.26. The Morgan fingerprint density at radius 2 is 1.70 bits per heavy atom. The smallest absolute Gasteiger partial charge is 0.240 e. The molecule has 0 saturated heterocycles. The Labute approximate surface area is 134 Å². The van der Waals surface area contributed by atoms with Gasteiger partial charge in [-0.15, -0.1) is 0 Å². The van der Waals surface area contributed by atoms with E-state index in [1.807, 2.05) is 0 Å². The third-order valence-electron chi connectivity index (χ3n) is 3.44. The molecule has 0 spiro atoms. The SMILES string of the molecule is O=S(=O)(NCCc1ccc(F)cc1)c1ccc2c(c1)OCCO2. The Kier molecular flexibility index (Phi) is 4.49. The lowest BCUT2D eigenvalue weighted by molar-refractivity contribution is 0.171. The summed E-state index contributed by atoms with van der Waals surface area (Å²) >= 11 is 0. The Balaban J connectivity index is 1.65. The zero-order chi connectivity index (χ0) is 16.3. The van der Waals surface area contributed by atoms with Crippen LogP contribution in [-0.4, -0.2) is 28.2 Å². The van der Waals surface area contributed by atoms with Crippen molar-refractivity contribution in [1.82, 2.24) is 4.72 Å². The van der Waals surface area contributed by atoms with Crippen molar-refractivity contribution in [3.05, 3.63) is 53.8 Å². The van der Waals surface area contributed by atoms with Crippen molar-refractivity contribution in [2.75, 3.05) is 19.8 Å². The predicted molar refractivity (Wildman–Crippen MR) is 82.7 cm³/mol. The van der Waals surface area contributed by atoms with Gasteiger partial charge >= 0.3 is 0 Å². The van der Waals surface area contributed by atoms with E-state index >= 15 is 0 Å². The molecule has 7 heteroatoms. The van der Waals surface area contributed by atoms with Crippen LogP contribution in [0.15, 0.2) is 47.4 Å². The van der Waals surface area contributed by atoms with Gasteiger partial charge in [-0.1, -0.05) is 12.1 Å². The number of nitrogens with one attached hydrogen (secondary N) is 1. The molecule has 1 heterocycles. The van der Waals surface area contributed by atoms with Crippen molar-refractivity contribution in [3.63, 3.8) is 0 Å². The van der Waals surface area contributed by atoms with E-state index in [-0.39, 0.29) is 17.3 Å². The lowest BCUT2D eigenvalue weighted by Gasteiger charge is -2.18. The van der Waals surface area contributed by atoms with Gasteiger partial charge in [0.1, 0.15) is 19.0 Å². The van der Waals surface area contributed by atoms with Crippen LogP contribution in [0, 0.1) is 5.82 Å². The topological polar surface area (TPSA) is 64.6 Å². The third-order valence-corrected chi connectivity index (χ3v) is 4.90. The highest BCUT2D eigenvalue weighted by Gasteiger charge is 2.18. The summed E-state index contributed by atoms with van der Waals surface area (Å²) in [5.74, 6) is 0.657. The van der Waals surface area contributed by atoms with Gasteiger partial charge in [-0.3, -0.25) is 0 Å². The van der Waals surface area contributed by atoms with Crippen LogP contribution in [-0.2, 0) is 16.4 Å². The van der Waals surface area contributed by atoms with E-state index in [9.17, 15) is 12.8 Å². The summed E-state index contributed by atoms with van der Waals surface area (Å²) in [7, 11) is -3.63.